The fourth-order valence-electron chi connectivity index (χ4n) is 3.30. The molecule has 0 aromatic heterocycles. The second kappa shape index (κ2) is 8.12. The highest BCUT2D eigenvalue weighted by Gasteiger charge is 2.31. The largest absolute Gasteiger partial charge is 0.452 e. The van der Waals surface area contributed by atoms with Crippen molar-refractivity contribution in [2.75, 3.05) is 11.9 Å². The van der Waals surface area contributed by atoms with Crippen LogP contribution >= 0.6 is 11.6 Å². The lowest BCUT2D eigenvalue weighted by molar-refractivity contribution is -0.119. The van der Waals surface area contributed by atoms with Crippen LogP contribution in [0.15, 0.2) is 60.7 Å². The highest BCUT2D eigenvalue weighted by atomic mass is 35.5. The molecule has 0 heterocycles. The van der Waals surface area contributed by atoms with Crippen LogP contribution in [0.3, 0.4) is 0 Å². The number of hydrogen-bond acceptors (Lipinski definition) is 5. The van der Waals surface area contributed by atoms with Crippen LogP contribution in [0, 0.1) is 5.82 Å². The van der Waals surface area contributed by atoms with Crippen molar-refractivity contribution in [2.24, 2.45) is 0 Å². The molecule has 1 N–H and O–H groups in total. The summed E-state index contributed by atoms with van der Waals surface area (Å²) in [5, 5.41) is 2.35. The van der Waals surface area contributed by atoms with Gasteiger partial charge in [-0.1, -0.05) is 48.0 Å². The van der Waals surface area contributed by atoms with Crippen LogP contribution in [0.1, 0.15) is 42.2 Å². The summed E-state index contributed by atoms with van der Waals surface area (Å²) in [7, 11) is 0. The van der Waals surface area contributed by atoms with Crippen molar-refractivity contribution in [1.82, 2.24) is 0 Å². The molecular formula is C23H13ClFNO5. The first-order valence-electron chi connectivity index (χ1n) is 9.10. The molecule has 0 atom stereocenters. The summed E-state index contributed by atoms with van der Waals surface area (Å²) in [6, 6.07) is 14.1. The molecule has 1 aliphatic carbocycles. The number of ether oxygens (including phenoxy) is 1. The summed E-state index contributed by atoms with van der Waals surface area (Å²) in [4.78, 5) is 50.1. The molecule has 0 aliphatic heterocycles. The van der Waals surface area contributed by atoms with E-state index in [1.54, 1.807) is 24.3 Å². The fourth-order valence-corrected chi connectivity index (χ4v) is 3.54. The van der Waals surface area contributed by atoms with Crippen molar-refractivity contribution < 1.29 is 28.3 Å². The highest BCUT2D eigenvalue weighted by molar-refractivity contribution is 6.33. The summed E-state index contributed by atoms with van der Waals surface area (Å²) in [5.74, 6) is -2.96. The molecule has 3 aromatic carbocycles. The first-order valence-corrected chi connectivity index (χ1v) is 9.48. The molecule has 0 fully saturated rings. The van der Waals surface area contributed by atoms with E-state index in [0.29, 0.717) is 5.56 Å². The van der Waals surface area contributed by atoms with E-state index in [1.807, 2.05) is 0 Å². The number of anilines is 1. The van der Waals surface area contributed by atoms with Gasteiger partial charge >= 0.3 is 5.97 Å². The number of carbonyl (C=O) groups is 4. The van der Waals surface area contributed by atoms with Crippen molar-refractivity contribution in [3.8, 4) is 0 Å². The van der Waals surface area contributed by atoms with E-state index >= 15 is 0 Å². The molecule has 0 saturated heterocycles. The number of rotatable bonds is 4. The van der Waals surface area contributed by atoms with Gasteiger partial charge in [-0.3, -0.25) is 14.4 Å². The summed E-state index contributed by atoms with van der Waals surface area (Å²) >= 11 is 5.81. The Kier molecular flexibility index (Phi) is 5.35. The molecule has 0 saturated carbocycles. The van der Waals surface area contributed by atoms with E-state index in [-0.39, 0.29) is 38.7 Å². The molecule has 0 unspecified atom stereocenters. The van der Waals surface area contributed by atoms with E-state index in [9.17, 15) is 23.6 Å². The molecular weight excluding hydrogens is 425 g/mol. The van der Waals surface area contributed by atoms with Gasteiger partial charge in [-0.2, -0.15) is 0 Å². The van der Waals surface area contributed by atoms with E-state index in [4.69, 9.17) is 16.3 Å². The Morgan fingerprint density at radius 2 is 1.58 bits per heavy atom. The van der Waals surface area contributed by atoms with Crippen molar-refractivity contribution in [1.29, 1.82) is 0 Å². The maximum atomic E-state index is 13.1. The molecule has 8 heteroatoms. The molecule has 0 bridgehead atoms. The lowest BCUT2D eigenvalue weighted by Gasteiger charge is -2.20. The van der Waals surface area contributed by atoms with Gasteiger partial charge in [0.25, 0.3) is 5.91 Å². The fraction of sp³-hybridized carbons (Fsp3) is 0.0435. The second-order valence-electron chi connectivity index (χ2n) is 6.68. The number of halogens is 2. The van der Waals surface area contributed by atoms with Crippen LogP contribution < -0.4 is 5.32 Å². The molecule has 4 rings (SSSR count). The summed E-state index contributed by atoms with van der Waals surface area (Å²) in [6.45, 7) is -0.672. The number of amides is 1. The van der Waals surface area contributed by atoms with Gasteiger partial charge < -0.3 is 10.1 Å². The maximum absolute atomic E-state index is 13.1. The topological polar surface area (TPSA) is 89.5 Å². The van der Waals surface area contributed by atoms with Gasteiger partial charge in [-0.05, 0) is 24.3 Å². The standard InChI is InChI=1S/C23H13ClFNO5/c24-17-10-12(25)8-9-15(17)23(30)31-11-19(27)26-18-7-3-6-16-20(18)22(29)14-5-2-1-4-13(14)21(16)28/h1-10H,11H2,(H,26,27). The highest BCUT2D eigenvalue weighted by Crippen LogP contribution is 2.31. The van der Waals surface area contributed by atoms with Crippen LogP contribution in [-0.4, -0.2) is 30.0 Å². The zero-order valence-electron chi connectivity index (χ0n) is 15.8. The SMILES string of the molecule is O=C(COC(=O)c1ccc(F)cc1Cl)Nc1cccc2c1C(=O)c1ccccc1C2=O. The molecule has 6 nitrogen and oxygen atoms in total. The number of fused-ring (bicyclic) bond motifs is 2. The van der Waals surface area contributed by atoms with Crippen LogP contribution in [0.2, 0.25) is 5.02 Å². The number of benzene rings is 3. The number of esters is 1. The van der Waals surface area contributed by atoms with Crippen LogP contribution in [0.5, 0.6) is 0 Å². The zero-order valence-corrected chi connectivity index (χ0v) is 16.5. The Morgan fingerprint density at radius 3 is 2.29 bits per heavy atom. The number of nitrogens with one attached hydrogen (secondary N) is 1. The Morgan fingerprint density at radius 1 is 0.903 bits per heavy atom. The van der Waals surface area contributed by atoms with E-state index in [2.05, 4.69) is 5.32 Å². The quantitative estimate of drug-likeness (QED) is 0.486. The van der Waals surface area contributed by atoms with Gasteiger partial charge in [0, 0.05) is 16.7 Å². The minimum Gasteiger partial charge on any atom is -0.452 e. The summed E-state index contributed by atoms with van der Waals surface area (Å²) < 4.78 is 18.0. The summed E-state index contributed by atoms with van der Waals surface area (Å²) in [6.07, 6.45) is 0. The predicted octanol–water partition coefficient (Wildman–Crippen LogP) is 4.05. The molecule has 3 aromatic rings. The first-order chi connectivity index (χ1) is 14.9. The van der Waals surface area contributed by atoms with Crippen molar-refractivity contribution in [3.05, 3.63) is 99.3 Å². The molecule has 31 heavy (non-hydrogen) atoms. The molecule has 0 spiro atoms. The normalized spacial score (nSPS) is 12.1. The van der Waals surface area contributed by atoms with E-state index < -0.39 is 30.1 Å². The Bertz CT molecular complexity index is 1270. The van der Waals surface area contributed by atoms with Gasteiger partial charge in [0.05, 0.1) is 21.8 Å². The Labute approximate surface area is 180 Å². The monoisotopic (exact) mass is 437 g/mol. The van der Waals surface area contributed by atoms with E-state index in [1.165, 1.54) is 18.2 Å². The Hall–Kier alpha value is -3.84. The van der Waals surface area contributed by atoms with Crippen LogP contribution in [0.4, 0.5) is 10.1 Å². The van der Waals surface area contributed by atoms with Crippen LogP contribution in [-0.2, 0) is 9.53 Å². The number of carbonyl (C=O) groups excluding carboxylic acids is 4. The third-order valence-electron chi connectivity index (χ3n) is 4.71. The third-order valence-corrected chi connectivity index (χ3v) is 5.02. The maximum Gasteiger partial charge on any atom is 0.340 e. The van der Waals surface area contributed by atoms with Crippen molar-refractivity contribution in [3.63, 3.8) is 0 Å². The molecule has 1 amide bonds. The minimum absolute atomic E-state index is 0.0763. The summed E-state index contributed by atoms with van der Waals surface area (Å²) in [5.41, 5.74) is 0.841. The van der Waals surface area contributed by atoms with Gasteiger partial charge in [0.2, 0.25) is 0 Å². The third kappa shape index (κ3) is 3.83. The van der Waals surface area contributed by atoms with Gasteiger partial charge in [-0.25, -0.2) is 9.18 Å². The predicted molar refractivity (Wildman–Crippen MR) is 110 cm³/mol. The number of ketones is 2. The number of hydrogen-bond donors (Lipinski definition) is 1. The van der Waals surface area contributed by atoms with Crippen molar-refractivity contribution >= 4 is 40.7 Å². The lowest BCUT2D eigenvalue weighted by Crippen LogP contribution is -2.26. The lowest BCUT2D eigenvalue weighted by atomic mass is 9.83. The zero-order chi connectivity index (χ0) is 22.1. The minimum atomic E-state index is -0.907. The molecule has 0 radical (unpaired) electrons. The second-order valence-corrected chi connectivity index (χ2v) is 7.09. The van der Waals surface area contributed by atoms with E-state index in [0.717, 1.165) is 18.2 Å². The molecule has 1 aliphatic rings. The van der Waals surface area contributed by atoms with Gasteiger partial charge in [0.1, 0.15) is 5.82 Å². The van der Waals surface area contributed by atoms with Crippen molar-refractivity contribution in [2.45, 2.75) is 0 Å². The average Bonchev–Trinajstić information content (AvgIpc) is 2.76. The van der Waals surface area contributed by atoms with Gasteiger partial charge in [0.15, 0.2) is 18.2 Å². The molecule has 154 valence electrons. The first kappa shape index (κ1) is 20.4. The Balaban J connectivity index is 1.52. The van der Waals surface area contributed by atoms with Crippen LogP contribution in [0.25, 0.3) is 0 Å². The smallest absolute Gasteiger partial charge is 0.340 e. The average molecular weight is 438 g/mol. The van der Waals surface area contributed by atoms with Gasteiger partial charge in [-0.15, -0.1) is 0 Å².